The van der Waals surface area contributed by atoms with Gasteiger partial charge in [-0.2, -0.15) is 5.21 Å². The van der Waals surface area contributed by atoms with E-state index in [0.29, 0.717) is 35.9 Å². The van der Waals surface area contributed by atoms with Crippen LogP contribution in [0, 0.1) is 12.3 Å². The largest absolute Gasteiger partial charge is 0.341 e. The number of tetrazole rings is 1. The highest BCUT2D eigenvalue weighted by Crippen LogP contribution is 2.57. The molecule has 8 nitrogen and oxygen atoms in total. The number of halogens is 3. The minimum absolute atomic E-state index is 0.396. The van der Waals surface area contributed by atoms with Gasteiger partial charge in [-0.15, -0.1) is 26.8 Å². The maximum Gasteiger partial charge on any atom is 0.297 e. The van der Waals surface area contributed by atoms with E-state index < -0.39 is 17.0 Å². The second-order valence-electron chi connectivity index (χ2n) is 9.95. The van der Waals surface area contributed by atoms with Gasteiger partial charge >= 0.3 is 0 Å². The van der Waals surface area contributed by atoms with Gasteiger partial charge in [0.2, 0.25) is 0 Å². The Morgan fingerprint density at radius 3 is 2.43 bits per heavy atom. The molecule has 0 bridgehead atoms. The number of fused-ring (bicyclic) bond motifs is 4. The molecule has 1 spiro atoms. The van der Waals surface area contributed by atoms with Gasteiger partial charge < -0.3 is 4.90 Å². The average Bonchev–Trinajstić information content (AvgIpc) is 3.55. The van der Waals surface area contributed by atoms with Gasteiger partial charge in [0.05, 0.1) is 6.54 Å². The molecule has 6 rings (SSSR count). The smallest absolute Gasteiger partial charge is 0.297 e. The van der Waals surface area contributed by atoms with E-state index in [1.165, 1.54) is 0 Å². The topological polar surface area (TPSA) is 85.7 Å². The SMILES string of the molecule is C#CCN1CCC2(CC1)c1cc(Cl)ccc1N(CCc1nn[nH]n1)c1ccc(C3(C(C)(F)F)N=N3)cc12. The third-order valence-corrected chi connectivity index (χ3v) is 8.09. The van der Waals surface area contributed by atoms with E-state index in [-0.39, 0.29) is 0 Å². The molecular weight excluding hydrogens is 498 g/mol. The molecule has 1 saturated heterocycles. The van der Waals surface area contributed by atoms with Crippen LogP contribution in [0.5, 0.6) is 0 Å². The van der Waals surface area contributed by atoms with Crippen LogP contribution in [0.25, 0.3) is 0 Å². The molecule has 0 saturated carbocycles. The molecule has 1 N–H and O–H groups in total. The highest BCUT2D eigenvalue weighted by atomic mass is 35.5. The number of aromatic nitrogens is 4. The molecule has 0 aliphatic carbocycles. The predicted octanol–water partition coefficient (Wildman–Crippen LogP) is 4.84. The molecular formula is C26H25ClF2N8. The van der Waals surface area contributed by atoms with Crippen LogP contribution >= 0.6 is 11.6 Å². The average molecular weight is 523 g/mol. The number of nitrogens with zero attached hydrogens (tertiary/aromatic N) is 7. The molecule has 3 aliphatic heterocycles. The van der Waals surface area contributed by atoms with E-state index >= 15 is 0 Å². The Balaban J connectivity index is 1.50. The van der Waals surface area contributed by atoms with Crippen LogP contribution in [0.4, 0.5) is 20.2 Å². The maximum absolute atomic E-state index is 14.6. The van der Waals surface area contributed by atoms with E-state index in [1.807, 2.05) is 30.3 Å². The standard InChI is InChI=1S/C26H25ClF2N8/c1-3-11-36-13-9-25(10-14-36)19-15-17(26(32-33-26)24(2,28)29)4-6-21(19)37(12-8-23-30-34-35-31-23)22-7-5-18(27)16-20(22)25/h1,4-7,15-16H,8-14H2,2H3,(H,30,31,34,35). The zero-order valence-electron chi connectivity index (χ0n) is 20.3. The first-order valence-electron chi connectivity index (χ1n) is 12.2. The number of H-pyrrole nitrogens is 1. The summed E-state index contributed by atoms with van der Waals surface area (Å²) in [4.78, 5) is 4.44. The molecule has 0 amide bonds. The molecule has 190 valence electrons. The first-order valence-corrected chi connectivity index (χ1v) is 12.6. The molecule has 3 aromatic rings. The zero-order valence-corrected chi connectivity index (χ0v) is 21.0. The number of alkyl halides is 2. The third kappa shape index (κ3) is 3.80. The van der Waals surface area contributed by atoms with Crippen molar-refractivity contribution in [1.82, 2.24) is 25.5 Å². The molecule has 1 aromatic heterocycles. The van der Waals surface area contributed by atoms with Crippen molar-refractivity contribution in [1.29, 1.82) is 0 Å². The monoisotopic (exact) mass is 522 g/mol. The Hall–Kier alpha value is -3.42. The number of rotatable bonds is 6. The van der Waals surface area contributed by atoms with Crippen molar-refractivity contribution in [2.75, 3.05) is 31.1 Å². The normalized spacial score (nSPS) is 19.4. The molecule has 2 aromatic carbocycles. The van der Waals surface area contributed by atoms with Crippen LogP contribution in [0.3, 0.4) is 0 Å². The van der Waals surface area contributed by atoms with E-state index in [4.69, 9.17) is 18.0 Å². The number of likely N-dealkylation sites (tertiary alicyclic amines) is 1. The lowest BCUT2D eigenvalue weighted by atomic mass is 9.64. The summed E-state index contributed by atoms with van der Waals surface area (Å²) in [5.41, 5.74) is 2.20. The molecule has 37 heavy (non-hydrogen) atoms. The molecule has 11 heteroatoms. The van der Waals surface area contributed by atoms with Crippen LogP contribution in [0.2, 0.25) is 5.02 Å². The Bertz CT molecular complexity index is 1390. The summed E-state index contributed by atoms with van der Waals surface area (Å²) in [6, 6.07) is 11.5. The van der Waals surface area contributed by atoms with Gasteiger partial charge in [0.15, 0.2) is 5.82 Å². The first kappa shape index (κ1) is 23.9. The fourth-order valence-corrected chi connectivity index (χ4v) is 6.04. The number of nitrogens with one attached hydrogen (secondary N) is 1. The lowest BCUT2D eigenvalue weighted by molar-refractivity contribution is -0.0274. The number of piperidine rings is 1. The van der Waals surface area contributed by atoms with Crippen LogP contribution in [-0.4, -0.2) is 57.6 Å². The van der Waals surface area contributed by atoms with Gasteiger partial charge in [0.1, 0.15) is 0 Å². The summed E-state index contributed by atoms with van der Waals surface area (Å²) >= 11 is 6.55. The number of aromatic amines is 1. The summed E-state index contributed by atoms with van der Waals surface area (Å²) in [7, 11) is 0. The maximum atomic E-state index is 14.6. The Morgan fingerprint density at radius 1 is 1.11 bits per heavy atom. The Morgan fingerprint density at radius 2 is 1.81 bits per heavy atom. The summed E-state index contributed by atoms with van der Waals surface area (Å²) in [5.74, 6) is 0.218. The van der Waals surface area contributed by atoms with Crippen LogP contribution in [-0.2, 0) is 17.5 Å². The molecule has 0 atom stereocenters. The Kier molecular flexibility index (Phi) is 5.55. The summed E-state index contributed by atoms with van der Waals surface area (Å²) in [5, 5.41) is 22.6. The van der Waals surface area contributed by atoms with Gasteiger partial charge in [0, 0.05) is 60.4 Å². The highest BCUT2D eigenvalue weighted by Gasteiger charge is 2.61. The number of benzene rings is 2. The molecule has 1 fully saturated rings. The van der Waals surface area contributed by atoms with Crippen LogP contribution in [0.15, 0.2) is 46.6 Å². The van der Waals surface area contributed by atoms with Crippen molar-refractivity contribution in [2.24, 2.45) is 10.2 Å². The van der Waals surface area contributed by atoms with Crippen molar-refractivity contribution in [3.63, 3.8) is 0 Å². The second kappa shape index (κ2) is 8.57. The first-order chi connectivity index (χ1) is 17.8. The van der Waals surface area contributed by atoms with Crippen LogP contribution < -0.4 is 4.90 Å². The van der Waals surface area contributed by atoms with E-state index in [2.05, 4.69) is 46.6 Å². The van der Waals surface area contributed by atoms with Crippen molar-refractivity contribution in [3.8, 4) is 12.3 Å². The number of anilines is 2. The van der Waals surface area contributed by atoms with Gasteiger partial charge in [-0.25, -0.2) is 8.78 Å². The van der Waals surface area contributed by atoms with E-state index in [9.17, 15) is 8.78 Å². The number of terminal acetylenes is 1. The van der Waals surface area contributed by atoms with Crippen molar-refractivity contribution in [3.05, 3.63) is 63.9 Å². The fourth-order valence-electron chi connectivity index (χ4n) is 5.87. The van der Waals surface area contributed by atoms with E-state index in [0.717, 1.165) is 55.4 Å². The highest BCUT2D eigenvalue weighted by molar-refractivity contribution is 6.30. The minimum atomic E-state index is -3.11. The van der Waals surface area contributed by atoms with Crippen molar-refractivity contribution >= 4 is 23.0 Å². The van der Waals surface area contributed by atoms with Crippen molar-refractivity contribution in [2.45, 2.75) is 43.2 Å². The van der Waals surface area contributed by atoms with Crippen molar-refractivity contribution < 1.29 is 8.78 Å². The quantitative estimate of drug-likeness (QED) is 0.468. The summed E-state index contributed by atoms with van der Waals surface area (Å²) in [6.07, 6.45) is 7.69. The lowest BCUT2D eigenvalue weighted by Gasteiger charge is -2.49. The lowest BCUT2D eigenvalue weighted by Crippen LogP contribution is -2.47. The van der Waals surface area contributed by atoms with Crippen LogP contribution in [0.1, 0.15) is 42.3 Å². The fraction of sp³-hybridized carbons (Fsp3) is 0.423. The summed E-state index contributed by atoms with van der Waals surface area (Å²) in [6.45, 7) is 3.58. The summed E-state index contributed by atoms with van der Waals surface area (Å²) < 4.78 is 29.3. The third-order valence-electron chi connectivity index (χ3n) is 7.86. The predicted molar refractivity (Wildman–Crippen MR) is 135 cm³/mol. The van der Waals surface area contributed by atoms with Gasteiger partial charge in [-0.1, -0.05) is 28.8 Å². The molecule has 0 radical (unpaired) electrons. The zero-order chi connectivity index (χ0) is 25.8. The molecule has 0 unspecified atom stereocenters. The number of hydrogen-bond acceptors (Lipinski definition) is 7. The second-order valence-corrected chi connectivity index (χ2v) is 10.4. The number of hydrogen-bond donors (Lipinski definition) is 1. The molecule has 4 heterocycles. The Labute approximate surface area is 218 Å². The van der Waals surface area contributed by atoms with Gasteiger partial charge in [-0.3, -0.25) is 4.90 Å². The molecule has 3 aliphatic rings. The van der Waals surface area contributed by atoms with E-state index in [1.54, 1.807) is 6.07 Å². The van der Waals surface area contributed by atoms with Gasteiger partial charge in [-0.05, 0) is 54.3 Å². The minimum Gasteiger partial charge on any atom is -0.341 e. The van der Waals surface area contributed by atoms with Gasteiger partial charge in [0.25, 0.3) is 11.6 Å².